The largest absolute Gasteiger partial charge is 0.330 e. The predicted molar refractivity (Wildman–Crippen MR) is 105 cm³/mol. The number of hydrogen-bond acceptors (Lipinski definition) is 2. The fraction of sp³-hybridized carbons (Fsp3) is 0.364. The van der Waals surface area contributed by atoms with E-state index in [1.165, 1.54) is 29.5 Å². The van der Waals surface area contributed by atoms with Crippen molar-refractivity contribution in [3.8, 4) is 5.69 Å². The van der Waals surface area contributed by atoms with Crippen molar-refractivity contribution < 1.29 is 8.78 Å². The summed E-state index contributed by atoms with van der Waals surface area (Å²) in [4.78, 5) is 2.44. The molecule has 0 fully saturated rings. The Balaban J connectivity index is 1.71. The molecule has 4 rings (SSSR count). The maximum absolute atomic E-state index is 14.0. The topological polar surface area (TPSA) is 34.2 Å². The smallest absolute Gasteiger partial charge is 0.123 e. The normalized spacial score (nSPS) is 14.6. The van der Waals surface area contributed by atoms with Gasteiger partial charge in [-0.05, 0) is 74.0 Å². The minimum Gasteiger partial charge on any atom is -0.330 e. The van der Waals surface area contributed by atoms with Crippen LogP contribution in [0.3, 0.4) is 0 Å². The fourth-order valence-corrected chi connectivity index (χ4v) is 4.12. The Hall–Kier alpha value is -2.24. The van der Waals surface area contributed by atoms with Gasteiger partial charge in [0.2, 0.25) is 0 Å². The molecule has 0 unspecified atom stereocenters. The maximum Gasteiger partial charge on any atom is 0.123 e. The van der Waals surface area contributed by atoms with E-state index in [-0.39, 0.29) is 11.6 Å². The van der Waals surface area contributed by atoms with E-state index in [0.29, 0.717) is 0 Å². The van der Waals surface area contributed by atoms with Crippen LogP contribution in [-0.2, 0) is 13.0 Å². The highest BCUT2D eigenvalue weighted by molar-refractivity contribution is 5.87. The molecule has 2 aromatic carbocycles. The molecule has 0 atom stereocenters. The zero-order chi connectivity index (χ0) is 18.8. The number of halogens is 2. The lowest BCUT2D eigenvalue weighted by Gasteiger charge is -2.28. The first-order valence-electron chi connectivity index (χ1n) is 9.67. The minimum absolute atomic E-state index is 0.221. The second kappa shape index (κ2) is 7.79. The van der Waals surface area contributed by atoms with E-state index in [1.54, 1.807) is 18.2 Å². The lowest BCUT2D eigenvalue weighted by Crippen LogP contribution is -2.31. The Labute approximate surface area is 158 Å². The number of fused-ring (bicyclic) bond motifs is 3. The van der Waals surface area contributed by atoms with Crippen LogP contribution >= 0.6 is 0 Å². The molecule has 3 aromatic rings. The highest BCUT2D eigenvalue weighted by Gasteiger charge is 2.24. The van der Waals surface area contributed by atoms with Crippen LogP contribution in [0.25, 0.3) is 16.6 Å². The van der Waals surface area contributed by atoms with Gasteiger partial charge in [-0.3, -0.25) is 4.90 Å². The number of unbranched alkanes of at least 4 members (excludes halogenated alkanes) is 2. The van der Waals surface area contributed by atoms with Gasteiger partial charge >= 0.3 is 0 Å². The Kier molecular flexibility index (Phi) is 5.23. The molecular weight excluding hydrogens is 344 g/mol. The van der Waals surface area contributed by atoms with Crippen molar-refractivity contribution in [3.63, 3.8) is 0 Å². The molecule has 0 amide bonds. The first-order chi connectivity index (χ1) is 13.2. The van der Waals surface area contributed by atoms with Crippen molar-refractivity contribution in [3.05, 3.63) is 65.4 Å². The molecule has 2 heterocycles. The van der Waals surface area contributed by atoms with Gasteiger partial charge in [0.25, 0.3) is 0 Å². The van der Waals surface area contributed by atoms with Crippen LogP contribution in [0.1, 0.15) is 30.5 Å². The number of rotatable bonds is 6. The number of hydrogen-bond donors (Lipinski definition) is 1. The third-order valence-corrected chi connectivity index (χ3v) is 5.45. The summed E-state index contributed by atoms with van der Waals surface area (Å²) < 4.78 is 29.5. The number of aromatic nitrogens is 1. The molecule has 0 saturated carbocycles. The summed E-state index contributed by atoms with van der Waals surface area (Å²) in [7, 11) is 0. The maximum atomic E-state index is 14.0. The Morgan fingerprint density at radius 2 is 1.70 bits per heavy atom. The van der Waals surface area contributed by atoms with Crippen molar-refractivity contribution in [1.29, 1.82) is 0 Å². The van der Waals surface area contributed by atoms with Crippen molar-refractivity contribution in [2.45, 2.75) is 32.2 Å². The lowest BCUT2D eigenvalue weighted by atomic mass is 10.0. The number of benzene rings is 2. The van der Waals surface area contributed by atoms with Crippen molar-refractivity contribution in [1.82, 2.24) is 9.47 Å². The van der Waals surface area contributed by atoms with Crippen molar-refractivity contribution in [2.24, 2.45) is 5.73 Å². The van der Waals surface area contributed by atoms with E-state index < -0.39 is 0 Å². The molecule has 27 heavy (non-hydrogen) atoms. The second-order valence-electron chi connectivity index (χ2n) is 7.27. The van der Waals surface area contributed by atoms with Crippen molar-refractivity contribution in [2.75, 3.05) is 19.6 Å². The highest BCUT2D eigenvalue weighted by atomic mass is 19.1. The van der Waals surface area contributed by atoms with Gasteiger partial charge in [0.1, 0.15) is 11.6 Å². The van der Waals surface area contributed by atoms with Gasteiger partial charge in [-0.2, -0.15) is 0 Å². The second-order valence-corrected chi connectivity index (χ2v) is 7.27. The third kappa shape index (κ3) is 3.62. The van der Waals surface area contributed by atoms with E-state index in [9.17, 15) is 8.78 Å². The highest BCUT2D eigenvalue weighted by Crippen LogP contribution is 2.34. The molecule has 1 aliphatic rings. The molecule has 0 bridgehead atoms. The average Bonchev–Trinajstić information content (AvgIpc) is 2.99. The molecule has 3 nitrogen and oxygen atoms in total. The van der Waals surface area contributed by atoms with Crippen LogP contribution in [-0.4, -0.2) is 29.1 Å². The minimum atomic E-state index is -0.251. The molecule has 0 radical (unpaired) electrons. The summed E-state index contributed by atoms with van der Waals surface area (Å²) in [6.07, 6.45) is 4.25. The van der Waals surface area contributed by atoms with E-state index in [1.807, 2.05) is 6.07 Å². The van der Waals surface area contributed by atoms with Crippen LogP contribution in [0.5, 0.6) is 0 Å². The number of nitrogens with two attached hydrogens (primary N) is 1. The molecular formula is C22H25F2N3. The summed E-state index contributed by atoms with van der Waals surface area (Å²) in [6, 6.07) is 11.5. The molecule has 1 aromatic heterocycles. The van der Waals surface area contributed by atoms with Crippen LogP contribution in [0.15, 0.2) is 42.5 Å². The van der Waals surface area contributed by atoms with E-state index in [2.05, 4.69) is 9.47 Å². The standard InChI is InChI=1S/C22H25F2N3/c23-16-4-7-18(8-5-16)27-21-9-6-17(24)14-19(21)20-15-26(13-10-22(20)27)12-3-1-2-11-25/h4-9,14H,1-3,10-13,15,25H2. The van der Waals surface area contributed by atoms with Gasteiger partial charge in [0.15, 0.2) is 0 Å². The quantitative estimate of drug-likeness (QED) is 0.654. The molecule has 2 N–H and O–H groups in total. The van der Waals surface area contributed by atoms with Crippen LogP contribution in [0.4, 0.5) is 8.78 Å². The first-order valence-corrected chi connectivity index (χ1v) is 9.67. The summed E-state index contributed by atoms with van der Waals surface area (Å²) in [5.74, 6) is -0.472. The Morgan fingerprint density at radius 1 is 0.926 bits per heavy atom. The molecule has 0 spiro atoms. The van der Waals surface area contributed by atoms with Gasteiger partial charge < -0.3 is 10.3 Å². The van der Waals surface area contributed by atoms with Crippen LogP contribution in [0, 0.1) is 11.6 Å². The lowest BCUT2D eigenvalue weighted by molar-refractivity contribution is 0.247. The van der Waals surface area contributed by atoms with Gasteiger partial charge in [0.05, 0.1) is 5.52 Å². The van der Waals surface area contributed by atoms with E-state index >= 15 is 0 Å². The first kappa shape index (κ1) is 18.1. The molecule has 0 aliphatic carbocycles. The fourth-order valence-electron chi connectivity index (χ4n) is 4.12. The molecule has 1 aliphatic heterocycles. The summed E-state index contributed by atoms with van der Waals surface area (Å²) in [5.41, 5.74) is 9.89. The predicted octanol–water partition coefficient (Wildman–Crippen LogP) is 4.40. The summed E-state index contributed by atoms with van der Waals surface area (Å²) >= 11 is 0. The van der Waals surface area contributed by atoms with Gasteiger partial charge in [-0.1, -0.05) is 6.42 Å². The van der Waals surface area contributed by atoms with Crippen molar-refractivity contribution >= 4 is 10.9 Å². The zero-order valence-corrected chi connectivity index (χ0v) is 15.4. The van der Waals surface area contributed by atoms with Gasteiger partial charge in [-0.25, -0.2) is 8.78 Å². The number of nitrogens with zero attached hydrogens (tertiary/aromatic N) is 2. The average molecular weight is 369 g/mol. The third-order valence-electron chi connectivity index (χ3n) is 5.45. The Morgan fingerprint density at radius 3 is 2.48 bits per heavy atom. The zero-order valence-electron chi connectivity index (χ0n) is 15.4. The summed E-state index contributed by atoms with van der Waals surface area (Å²) in [6.45, 7) is 3.59. The monoisotopic (exact) mass is 369 g/mol. The van der Waals surface area contributed by atoms with Gasteiger partial charge in [0, 0.05) is 36.3 Å². The van der Waals surface area contributed by atoms with E-state index in [0.717, 1.165) is 68.5 Å². The van der Waals surface area contributed by atoms with Gasteiger partial charge in [-0.15, -0.1) is 0 Å². The van der Waals surface area contributed by atoms with Crippen LogP contribution < -0.4 is 5.73 Å². The Bertz CT molecular complexity index is 931. The SMILES string of the molecule is NCCCCCN1CCc2c(c3cc(F)ccc3n2-c2ccc(F)cc2)C1. The molecule has 0 saturated heterocycles. The van der Waals surface area contributed by atoms with E-state index in [4.69, 9.17) is 5.73 Å². The van der Waals surface area contributed by atoms with Crippen LogP contribution in [0.2, 0.25) is 0 Å². The molecule has 142 valence electrons. The molecule has 5 heteroatoms. The summed E-state index contributed by atoms with van der Waals surface area (Å²) in [5, 5.41) is 0.959.